The van der Waals surface area contributed by atoms with Crippen molar-refractivity contribution < 1.29 is 4.74 Å². The highest BCUT2D eigenvalue weighted by Crippen LogP contribution is 2.17. The Labute approximate surface area is 97.0 Å². The summed E-state index contributed by atoms with van der Waals surface area (Å²) in [5.41, 5.74) is 8.75. The Hall–Kier alpha value is -0.900. The van der Waals surface area contributed by atoms with Crippen molar-refractivity contribution in [3.05, 3.63) is 35.4 Å². The van der Waals surface area contributed by atoms with Crippen LogP contribution in [0.2, 0.25) is 0 Å². The van der Waals surface area contributed by atoms with E-state index in [1.807, 2.05) is 0 Å². The maximum absolute atomic E-state index is 6.22. The first kappa shape index (κ1) is 11.6. The number of ether oxygens (including phenoxy) is 1. The zero-order chi connectivity index (χ0) is 11.4. The molecule has 0 bridgehead atoms. The number of hydrogen-bond donors (Lipinski definition) is 2. The third-order valence-electron chi connectivity index (χ3n) is 3.16. The first-order chi connectivity index (χ1) is 7.81. The Balaban J connectivity index is 2.04. The fraction of sp³-hybridized carbons (Fsp3) is 0.538. The van der Waals surface area contributed by atoms with E-state index in [9.17, 15) is 0 Å². The average molecular weight is 220 g/mol. The summed E-state index contributed by atoms with van der Waals surface area (Å²) in [6.07, 6.45) is 1.07. The first-order valence-electron chi connectivity index (χ1n) is 5.97. The molecule has 1 aromatic carbocycles. The van der Waals surface area contributed by atoms with Crippen molar-refractivity contribution >= 4 is 0 Å². The van der Waals surface area contributed by atoms with E-state index < -0.39 is 0 Å². The van der Waals surface area contributed by atoms with Gasteiger partial charge in [0, 0.05) is 18.6 Å². The molecule has 1 heterocycles. The largest absolute Gasteiger partial charge is 0.378 e. The molecule has 1 aliphatic rings. The highest BCUT2D eigenvalue weighted by molar-refractivity contribution is 5.26. The van der Waals surface area contributed by atoms with Crippen LogP contribution < -0.4 is 11.1 Å². The standard InChI is InChI=1S/C13H20N2O/c1-2-10-3-5-11(6-4-10)13(14)12-9-16-8-7-15-12/h3-6,12-13,15H,2,7-9,14H2,1H3. The van der Waals surface area contributed by atoms with Gasteiger partial charge in [0.2, 0.25) is 0 Å². The van der Waals surface area contributed by atoms with Crippen LogP contribution >= 0.6 is 0 Å². The van der Waals surface area contributed by atoms with Gasteiger partial charge in [-0.2, -0.15) is 0 Å². The lowest BCUT2D eigenvalue weighted by Crippen LogP contribution is -2.47. The van der Waals surface area contributed by atoms with Crippen LogP contribution in [0.3, 0.4) is 0 Å². The number of morpholine rings is 1. The predicted molar refractivity (Wildman–Crippen MR) is 65.4 cm³/mol. The van der Waals surface area contributed by atoms with Crippen LogP contribution in [0.1, 0.15) is 24.1 Å². The van der Waals surface area contributed by atoms with Crippen LogP contribution in [0, 0.1) is 0 Å². The van der Waals surface area contributed by atoms with Crippen LogP contribution in [-0.2, 0) is 11.2 Å². The lowest BCUT2D eigenvalue weighted by Gasteiger charge is -2.29. The predicted octanol–water partition coefficient (Wildman–Crippen LogP) is 1.24. The second-order valence-electron chi connectivity index (χ2n) is 4.26. The van der Waals surface area contributed by atoms with E-state index in [1.54, 1.807) is 0 Å². The van der Waals surface area contributed by atoms with Gasteiger partial charge in [-0.15, -0.1) is 0 Å². The van der Waals surface area contributed by atoms with Crippen LogP contribution in [0.5, 0.6) is 0 Å². The van der Waals surface area contributed by atoms with Gasteiger partial charge in [-0.05, 0) is 17.5 Å². The van der Waals surface area contributed by atoms with Gasteiger partial charge < -0.3 is 15.8 Å². The average Bonchev–Trinajstić information content (AvgIpc) is 2.39. The normalized spacial score (nSPS) is 23.0. The lowest BCUT2D eigenvalue weighted by atomic mass is 9.98. The van der Waals surface area contributed by atoms with Crippen molar-refractivity contribution in [3.63, 3.8) is 0 Å². The molecular weight excluding hydrogens is 200 g/mol. The number of rotatable bonds is 3. The minimum Gasteiger partial charge on any atom is -0.378 e. The molecule has 16 heavy (non-hydrogen) atoms. The zero-order valence-corrected chi connectivity index (χ0v) is 9.78. The zero-order valence-electron chi connectivity index (χ0n) is 9.78. The smallest absolute Gasteiger partial charge is 0.0638 e. The second-order valence-corrected chi connectivity index (χ2v) is 4.26. The van der Waals surface area contributed by atoms with Gasteiger partial charge in [-0.25, -0.2) is 0 Å². The summed E-state index contributed by atoms with van der Waals surface area (Å²) in [6, 6.07) is 8.81. The van der Waals surface area contributed by atoms with Gasteiger partial charge in [-0.1, -0.05) is 31.2 Å². The maximum atomic E-state index is 6.22. The van der Waals surface area contributed by atoms with Crippen molar-refractivity contribution in [3.8, 4) is 0 Å². The molecule has 0 spiro atoms. The summed E-state index contributed by atoms with van der Waals surface area (Å²) in [5, 5.41) is 3.40. The van der Waals surface area contributed by atoms with Gasteiger partial charge in [0.25, 0.3) is 0 Å². The molecule has 3 nitrogen and oxygen atoms in total. The van der Waals surface area contributed by atoms with Crippen LogP contribution in [0.15, 0.2) is 24.3 Å². The molecule has 1 saturated heterocycles. The Morgan fingerprint density at radius 3 is 2.75 bits per heavy atom. The first-order valence-corrected chi connectivity index (χ1v) is 5.97. The molecular formula is C13H20N2O. The molecule has 3 heteroatoms. The Morgan fingerprint density at radius 1 is 1.44 bits per heavy atom. The van der Waals surface area contributed by atoms with Crippen LogP contribution in [0.4, 0.5) is 0 Å². The van der Waals surface area contributed by atoms with Gasteiger partial charge >= 0.3 is 0 Å². The molecule has 3 N–H and O–H groups in total. The van der Waals surface area contributed by atoms with Crippen LogP contribution in [-0.4, -0.2) is 25.8 Å². The molecule has 2 atom stereocenters. The third kappa shape index (κ3) is 2.61. The fourth-order valence-electron chi connectivity index (χ4n) is 2.02. The SMILES string of the molecule is CCc1ccc(C(N)C2COCCN2)cc1. The number of benzene rings is 1. The highest BCUT2D eigenvalue weighted by atomic mass is 16.5. The van der Waals surface area contributed by atoms with E-state index in [2.05, 4.69) is 36.5 Å². The summed E-state index contributed by atoms with van der Waals surface area (Å²) in [7, 11) is 0. The van der Waals surface area contributed by atoms with Gasteiger partial charge in [-0.3, -0.25) is 0 Å². The Bertz CT molecular complexity index is 317. The second kappa shape index (κ2) is 5.43. The minimum absolute atomic E-state index is 0.0196. The van der Waals surface area contributed by atoms with Crippen LogP contribution in [0.25, 0.3) is 0 Å². The molecule has 2 unspecified atom stereocenters. The van der Waals surface area contributed by atoms with Crippen molar-refractivity contribution in [2.45, 2.75) is 25.4 Å². The molecule has 1 aliphatic heterocycles. The van der Waals surface area contributed by atoms with E-state index >= 15 is 0 Å². The fourth-order valence-corrected chi connectivity index (χ4v) is 2.02. The topological polar surface area (TPSA) is 47.3 Å². The summed E-state index contributed by atoms with van der Waals surface area (Å²) in [5.74, 6) is 0. The quantitative estimate of drug-likeness (QED) is 0.805. The van der Waals surface area contributed by atoms with E-state index in [4.69, 9.17) is 10.5 Å². The number of nitrogens with two attached hydrogens (primary N) is 1. The molecule has 0 saturated carbocycles. The molecule has 1 fully saturated rings. The molecule has 2 rings (SSSR count). The lowest BCUT2D eigenvalue weighted by molar-refractivity contribution is 0.0685. The summed E-state index contributed by atoms with van der Waals surface area (Å²) in [6.45, 7) is 4.55. The molecule has 88 valence electrons. The molecule has 0 aromatic heterocycles. The monoisotopic (exact) mass is 220 g/mol. The van der Waals surface area contributed by atoms with Crippen molar-refractivity contribution in [1.82, 2.24) is 5.32 Å². The van der Waals surface area contributed by atoms with Crippen molar-refractivity contribution in [1.29, 1.82) is 0 Å². The summed E-state index contributed by atoms with van der Waals surface area (Å²) < 4.78 is 5.43. The van der Waals surface area contributed by atoms with E-state index in [-0.39, 0.29) is 12.1 Å². The van der Waals surface area contributed by atoms with E-state index in [0.29, 0.717) is 6.61 Å². The van der Waals surface area contributed by atoms with Gasteiger partial charge in [0.1, 0.15) is 0 Å². The Morgan fingerprint density at radius 2 is 2.19 bits per heavy atom. The third-order valence-corrected chi connectivity index (χ3v) is 3.16. The van der Waals surface area contributed by atoms with Gasteiger partial charge in [0.05, 0.1) is 13.2 Å². The number of nitrogens with one attached hydrogen (secondary N) is 1. The van der Waals surface area contributed by atoms with E-state index in [1.165, 1.54) is 11.1 Å². The minimum atomic E-state index is 0.0196. The van der Waals surface area contributed by atoms with E-state index in [0.717, 1.165) is 19.6 Å². The maximum Gasteiger partial charge on any atom is 0.0638 e. The number of aryl methyl sites for hydroxylation is 1. The van der Waals surface area contributed by atoms with Crippen molar-refractivity contribution in [2.75, 3.05) is 19.8 Å². The molecule has 0 amide bonds. The van der Waals surface area contributed by atoms with Gasteiger partial charge in [0.15, 0.2) is 0 Å². The Kier molecular flexibility index (Phi) is 3.93. The molecule has 1 aromatic rings. The summed E-state index contributed by atoms with van der Waals surface area (Å²) >= 11 is 0. The number of hydrogen-bond acceptors (Lipinski definition) is 3. The molecule has 0 radical (unpaired) electrons. The van der Waals surface area contributed by atoms with Crippen molar-refractivity contribution in [2.24, 2.45) is 5.73 Å². The summed E-state index contributed by atoms with van der Waals surface area (Å²) in [4.78, 5) is 0. The highest BCUT2D eigenvalue weighted by Gasteiger charge is 2.21. The molecule has 0 aliphatic carbocycles.